The Labute approximate surface area is 97.9 Å². The number of likely N-dealkylation sites (tertiary alicyclic amines) is 1. The normalized spacial score (nSPS) is 19.4. The summed E-state index contributed by atoms with van der Waals surface area (Å²) in [4.78, 5) is 25.1. The molecule has 1 saturated heterocycles. The first kappa shape index (κ1) is 11.4. The first-order chi connectivity index (χ1) is 8.15. The highest BCUT2D eigenvalue weighted by molar-refractivity contribution is 5.99. The van der Waals surface area contributed by atoms with Gasteiger partial charge in [0.1, 0.15) is 11.7 Å². The number of nitrogen functional groups attached to an aromatic ring is 1. The van der Waals surface area contributed by atoms with E-state index in [4.69, 9.17) is 5.73 Å². The number of aromatic nitrogens is 2. The summed E-state index contributed by atoms with van der Waals surface area (Å²) in [6, 6.07) is -0.518. The number of nitrogens with zero attached hydrogens (tertiary/aromatic N) is 2. The van der Waals surface area contributed by atoms with Crippen molar-refractivity contribution < 1.29 is 14.3 Å². The molecule has 1 aromatic heterocycles. The fourth-order valence-electron chi connectivity index (χ4n) is 2.00. The van der Waals surface area contributed by atoms with Gasteiger partial charge in [0, 0.05) is 6.54 Å². The molecular weight excluding hydrogens is 224 g/mol. The SMILES string of the molecule is COC(=O)C1CCCN1C(=O)c1[nH]ncc1N. The van der Waals surface area contributed by atoms with Crippen LogP contribution in [0.5, 0.6) is 0 Å². The van der Waals surface area contributed by atoms with Gasteiger partial charge in [0.15, 0.2) is 0 Å². The summed E-state index contributed by atoms with van der Waals surface area (Å²) in [7, 11) is 1.31. The Morgan fingerprint density at radius 1 is 1.65 bits per heavy atom. The molecule has 7 heteroatoms. The second-order valence-electron chi connectivity index (χ2n) is 3.88. The summed E-state index contributed by atoms with van der Waals surface area (Å²) in [6.45, 7) is 0.525. The molecule has 0 aromatic carbocycles. The fraction of sp³-hybridized carbons (Fsp3) is 0.500. The Morgan fingerprint density at radius 3 is 3.00 bits per heavy atom. The van der Waals surface area contributed by atoms with Gasteiger partial charge in [0.25, 0.3) is 5.91 Å². The lowest BCUT2D eigenvalue weighted by Gasteiger charge is -2.21. The van der Waals surface area contributed by atoms with Crippen molar-refractivity contribution >= 4 is 17.6 Å². The summed E-state index contributed by atoms with van der Waals surface area (Å²) in [5.41, 5.74) is 6.11. The van der Waals surface area contributed by atoms with E-state index in [-0.39, 0.29) is 17.3 Å². The summed E-state index contributed by atoms with van der Waals surface area (Å²) in [5, 5.41) is 6.23. The van der Waals surface area contributed by atoms with E-state index in [0.717, 1.165) is 6.42 Å². The highest BCUT2D eigenvalue weighted by Crippen LogP contribution is 2.22. The number of methoxy groups -OCH3 is 1. The maximum atomic E-state index is 12.1. The standard InChI is InChI=1S/C10H14N4O3/c1-17-10(16)7-3-2-4-14(7)9(15)8-6(11)5-12-13-8/h5,7H,2-4,11H2,1H3,(H,12,13). The maximum Gasteiger partial charge on any atom is 0.328 e. The van der Waals surface area contributed by atoms with Gasteiger partial charge >= 0.3 is 5.97 Å². The van der Waals surface area contributed by atoms with E-state index >= 15 is 0 Å². The van der Waals surface area contributed by atoms with E-state index in [2.05, 4.69) is 14.9 Å². The van der Waals surface area contributed by atoms with E-state index in [9.17, 15) is 9.59 Å². The zero-order valence-electron chi connectivity index (χ0n) is 9.47. The smallest absolute Gasteiger partial charge is 0.328 e. The number of carbonyl (C=O) groups excluding carboxylic acids is 2. The number of H-pyrrole nitrogens is 1. The molecule has 1 aliphatic heterocycles. The third-order valence-electron chi connectivity index (χ3n) is 2.87. The lowest BCUT2D eigenvalue weighted by atomic mass is 10.2. The van der Waals surface area contributed by atoms with Crippen LogP contribution in [0.15, 0.2) is 6.20 Å². The number of hydrogen-bond acceptors (Lipinski definition) is 5. The minimum Gasteiger partial charge on any atom is -0.467 e. The molecule has 1 aliphatic rings. The minimum atomic E-state index is -0.518. The van der Waals surface area contributed by atoms with Crippen LogP contribution in [0.1, 0.15) is 23.3 Å². The number of anilines is 1. The van der Waals surface area contributed by atoms with Crippen LogP contribution < -0.4 is 5.73 Å². The van der Waals surface area contributed by atoms with Gasteiger partial charge in [-0.3, -0.25) is 9.89 Å². The van der Waals surface area contributed by atoms with Gasteiger partial charge in [-0.05, 0) is 12.8 Å². The number of aromatic amines is 1. The third-order valence-corrected chi connectivity index (χ3v) is 2.87. The topological polar surface area (TPSA) is 101 Å². The molecule has 2 rings (SSSR count). The summed E-state index contributed by atoms with van der Waals surface area (Å²) < 4.78 is 4.67. The Balaban J connectivity index is 2.19. The fourth-order valence-corrected chi connectivity index (χ4v) is 2.00. The molecule has 2 heterocycles. The highest BCUT2D eigenvalue weighted by Gasteiger charge is 2.36. The van der Waals surface area contributed by atoms with Gasteiger partial charge in [-0.2, -0.15) is 5.10 Å². The predicted molar refractivity (Wildman–Crippen MR) is 59.1 cm³/mol. The molecule has 1 unspecified atom stereocenters. The first-order valence-electron chi connectivity index (χ1n) is 5.32. The Bertz CT molecular complexity index is 443. The number of nitrogens with one attached hydrogen (secondary N) is 1. The number of amides is 1. The Morgan fingerprint density at radius 2 is 2.41 bits per heavy atom. The quantitative estimate of drug-likeness (QED) is 0.693. The third kappa shape index (κ3) is 1.95. The van der Waals surface area contributed by atoms with Crippen LogP contribution in [0.3, 0.4) is 0 Å². The molecule has 3 N–H and O–H groups in total. The second-order valence-corrected chi connectivity index (χ2v) is 3.88. The van der Waals surface area contributed by atoms with Gasteiger partial charge in [0.05, 0.1) is 19.0 Å². The van der Waals surface area contributed by atoms with Crippen LogP contribution in [-0.4, -0.2) is 46.7 Å². The number of ether oxygens (including phenoxy) is 1. The molecule has 92 valence electrons. The van der Waals surface area contributed by atoms with Crippen molar-refractivity contribution in [3.05, 3.63) is 11.9 Å². The van der Waals surface area contributed by atoms with Crippen molar-refractivity contribution in [2.24, 2.45) is 0 Å². The summed E-state index contributed by atoms with van der Waals surface area (Å²) in [6.07, 6.45) is 2.77. The van der Waals surface area contributed by atoms with Crippen LogP contribution in [0.2, 0.25) is 0 Å². The molecule has 1 fully saturated rings. The maximum absolute atomic E-state index is 12.1. The van der Waals surface area contributed by atoms with Gasteiger partial charge in [-0.15, -0.1) is 0 Å². The van der Waals surface area contributed by atoms with Crippen LogP contribution >= 0.6 is 0 Å². The minimum absolute atomic E-state index is 0.223. The van der Waals surface area contributed by atoms with Crippen molar-refractivity contribution in [3.63, 3.8) is 0 Å². The van der Waals surface area contributed by atoms with Gasteiger partial charge < -0.3 is 15.4 Å². The molecule has 0 saturated carbocycles. The molecule has 0 spiro atoms. The van der Waals surface area contributed by atoms with E-state index in [0.29, 0.717) is 13.0 Å². The molecule has 1 atom stereocenters. The van der Waals surface area contributed by atoms with Crippen LogP contribution in [-0.2, 0) is 9.53 Å². The number of carbonyl (C=O) groups is 2. The molecule has 0 radical (unpaired) electrons. The largest absolute Gasteiger partial charge is 0.467 e. The molecule has 7 nitrogen and oxygen atoms in total. The van der Waals surface area contributed by atoms with E-state index < -0.39 is 12.0 Å². The Hall–Kier alpha value is -2.05. The molecule has 17 heavy (non-hydrogen) atoms. The average molecular weight is 238 g/mol. The molecule has 0 bridgehead atoms. The summed E-state index contributed by atoms with van der Waals surface area (Å²) in [5.74, 6) is -0.707. The lowest BCUT2D eigenvalue weighted by Crippen LogP contribution is -2.41. The average Bonchev–Trinajstić information content (AvgIpc) is 2.95. The zero-order valence-corrected chi connectivity index (χ0v) is 9.47. The van der Waals surface area contributed by atoms with E-state index in [1.165, 1.54) is 18.2 Å². The zero-order chi connectivity index (χ0) is 12.4. The number of rotatable bonds is 2. The number of esters is 1. The molecule has 1 amide bonds. The van der Waals surface area contributed by atoms with Crippen molar-refractivity contribution in [3.8, 4) is 0 Å². The van der Waals surface area contributed by atoms with E-state index in [1.54, 1.807) is 0 Å². The molecular formula is C10H14N4O3. The van der Waals surface area contributed by atoms with Crippen LogP contribution in [0, 0.1) is 0 Å². The lowest BCUT2D eigenvalue weighted by molar-refractivity contribution is -0.145. The van der Waals surface area contributed by atoms with Crippen molar-refractivity contribution in [2.45, 2.75) is 18.9 Å². The highest BCUT2D eigenvalue weighted by atomic mass is 16.5. The van der Waals surface area contributed by atoms with E-state index in [1.807, 2.05) is 0 Å². The van der Waals surface area contributed by atoms with Crippen LogP contribution in [0.4, 0.5) is 5.69 Å². The number of nitrogens with two attached hydrogens (primary N) is 1. The van der Waals surface area contributed by atoms with Crippen molar-refractivity contribution in [1.29, 1.82) is 0 Å². The van der Waals surface area contributed by atoms with Gasteiger partial charge in [-0.1, -0.05) is 0 Å². The predicted octanol–water partition coefficient (Wildman–Crippen LogP) is -0.231. The van der Waals surface area contributed by atoms with Gasteiger partial charge in [0.2, 0.25) is 0 Å². The molecule has 0 aliphatic carbocycles. The summed E-state index contributed by atoms with van der Waals surface area (Å²) >= 11 is 0. The van der Waals surface area contributed by atoms with Crippen molar-refractivity contribution in [2.75, 3.05) is 19.4 Å². The number of hydrogen-bond donors (Lipinski definition) is 2. The first-order valence-corrected chi connectivity index (χ1v) is 5.32. The Kier molecular flexibility index (Phi) is 2.99. The van der Waals surface area contributed by atoms with Crippen LogP contribution in [0.25, 0.3) is 0 Å². The molecule has 1 aromatic rings. The second kappa shape index (κ2) is 4.44. The monoisotopic (exact) mass is 238 g/mol. The van der Waals surface area contributed by atoms with Gasteiger partial charge in [-0.25, -0.2) is 4.79 Å². The van der Waals surface area contributed by atoms with Crippen molar-refractivity contribution in [1.82, 2.24) is 15.1 Å².